The number of rotatable bonds is 4. The van der Waals surface area contributed by atoms with E-state index in [1.165, 1.54) is 26.1 Å². The van der Waals surface area contributed by atoms with Gasteiger partial charge in [-0.3, -0.25) is 0 Å². The minimum Gasteiger partial charge on any atom is -0.335 e. The van der Waals surface area contributed by atoms with Gasteiger partial charge in [-0.1, -0.05) is 6.92 Å². The van der Waals surface area contributed by atoms with Crippen LogP contribution in [0.2, 0.25) is 0 Å². The van der Waals surface area contributed by atoms with E-state index in [2.05, 4.69) is 20.8 Å². The van der Waals surface area contributed by atoms with Crippen LogP contribution in [0.3, 0.4) is 0 Å². The fourth-order valence-electron chi connectivity index (χ4n) is 0.957. The lowest BCUT2D eigenvalue weighted by Gasteiger charge is -2.12. The maximum Gasteiger partial charge on any atom is 0.0768 e. The Morgan fingerprint density at radius 3 is 1.62 bits per heavy atom. The van der Waals surface area contributed by atoms with Crippen molar-refractivity contribution in [1.29, 1.82) is 0 Å². The molecule has 0 aromatic carbocycles. The second-order valence-electron chi connectivity index (χ2n) is 2.21. The van der Waals surface area contributed by atoms with Crippen molar-refractivity contribution in [3.63, 3.8) is 0 Å². The van der Waals surface area contributed by atoms with Crippen molar-refractivity contribution in [2.24, 2.45) is 0 Å². The molecule has 1 N–H and O–H groups in total. The molecule has 50 valence electrons. The zero-order valence-corrected chi connectivity index (χ0v) is 6.33. The van der Waals surface area contributed by atoms with Gasteiger partial charge in [0, 0.05) is 0 Å². The lowest BCUT2D eigenvalue weighted by Crippen LogP contribution is -3.11. The maximum absolute atomic E-state index is 2.24. The predicted molar refractivity (Wildman–Crippen MR) is 37.2 cm³/mol. The summed E-state index contributed by atoms with van der Waals surface area (Å²) >= 11 is 0. The Morgan fingerprint density at radius 2 is 1.50 bits per heavy atom. The number of nitrogens with one attached hydrogen (secondary N) is 1. The summed E-state index contributed by atoms with van der Waals surface area (Å²) < 4.78 is 0. The molecule has 0 aromatic heterocycles. The summed E-state index contributed by atoms with van der Waals surface area (Å²) in [6.45, 7) is 10.6. The van der Waals surface area contributed by atoms with E-state index in [1.54, 1.807) is 4.90 Å². The monoisotopic (exact) mass is 116 g/mol. The molecule has 0 aromatic rings. The second kappa shape index (κ2) is 5.10. The van der Waals surface area contributed by atoms with Crippen LogP contribution in [0.15, 0.2) is 0 Å². The average Bonchev–Trinajstić information content (AvgIpc) is 1.83. The Bertz CT molecular complexity index is 39.7. The Balaban J connectivity index is 3.07. The van der Waals surface area contributed by atoms with E-state index in [-0.39, 0.29) is 0 Å². The zero-order valence-electron chi connectivity index (χ0n) is 6.33. The highest BCUT2D eigenvalue weighted by Crippen LogP contribution is 1.62. The smallest absolute Gasteiger partial charge is 0.0768 e. The van der Waals surface area contributed by atoms with E-state index in [0.29, 0.717) is 0 Å². The lowest BCUT2D eigenvalue weighted by molar-refractivity contribution is -0.896. The first-order valence-electron chi connectivity index (χ1n) is 3.68. The molecule has 8 heavy (non-hydrogen) atoms. The van der Waals surface area contributed by atoms with Crippen molar-refractivity contribution in [1.82, 2.24) is 0 Å². The molecule has 0 aliphatic rings. The first-order chi connectivity index (χ1) is 3.85. The van der Waals surface area contributed by atoms with E-state index < -0.39 is 0 Å². The number of quaternary nitrogens is 1. The Labute approximate surface area is 52.7 Å². The molecule has 0 radical (unpaired) electrons. The number of hydrogen-bond acceptors (Lipinski definition) is 0. The molecule has 0 spiro atoms. The topological polar surface area (TPSA) is 4.44 Å². The van der Waals surface area contributed by atoms with Crippen LogP contribution in [-0.2, 0) is 0 Å². The number of hydrogen-bond donors (Lipinski definition) is 1. The first kappa shape index (κ1) is 7.96. The van der Waals surface area contributed by atoms with Crippen LogP contribution < -0.4 is 4.90 Å². The first-order valence-corrected chi connectivity index (χ1v) is 3.68. The summed E-state index contributed by atoms with van der Waals surface area (Å²) in [5.41, 5.74) is 0. The molecular weight excluding hydrogens is 98.1 g/mol. The largest absolute Gasteiger partial charge is 0.335 e. The Hall–Kier alpha value is -0.0400. The summed E-state index contributed by atoms with van der Waals surface area (Å²) in [5, 5.41) is 0. The SMILES string of the molecule is CCC[NH+](CC)CC. The van der Waals surface area contributed by atoms with E-state index in [9.17, 15) is 0 Å². The quantitative estimate of drug-likeness (QED) is 0.539. The molecule has 1 heteroatoms. The zero-order chi connectivity index (χ0) is 6.41. The third kappa shape index (κ3) is 3.03. The van der Waals surface area contributed by atoms with Gasteiger partial charge in [-0.15, -0.1) is 0 Å². The highest BCUT2D eigenvalue weighted by molar-refractivity contribution is 4.20. The van der Waals surface area contributed by atoms with Gasteiger partial charge in [-0.2, -0.15) is 0 Å². The minimum atomic E-state index is 1.28. The fraction of sp³-hybridized carbons (Fsp3) is 1.00. The third-order valence-corrected chi connectivity index (χ3v) is 1.60. The van der Waals surface area contributed by atoms with Gasteiger partial charge in [0.25, 0.3) is 0 Å². The molecule has 0 unspecified atom stereocenters. The highest BCUT2D eigenvalue weighted by Gasteiger charge is 1.96. The van der Waals surface area contributed by atoms with Crippen LogP contribution in [0, 0.1) is 0 Å². The van der Waals surface area contributed by atoms with E-state index in [1.807, 2.05) is 0 Å². The molecule has 0 amide bonds. The van der Waals surface area contributed by atoms with Gasteiger partial charge in [0.2, 0.25) is 0 Å². The van der Waals surface area contributed by atoms with Gasteiger partial charge >= 0.3 is 0 Å². The summed E-state index contributed by atoms with van der Waals surface area (Å²) in [6, 6.07) is 0. The van der Waals surface area contributed by atoms with Crippen molar-refractivity contribution < 1.29 is 4.90 Å². The average molecular weight is 116 g/mol. The van der Waals surface area contributed by atoms with Crippen LogP contribution in [0.5, 0.6) is 0 Å². The molecule has 0 aliphatic heterocycles. The fourth-order valence-corrected chi connectivity index (χ4v) is 0.957. The van der Waals surface area contributed by atoms with Crippen molar-refractivity contribution >= 4 is 0 Å². The van der Waals surface area contributed by atoms with Crippen LogP contribution in [0.25, 0.3) is 0 Å². The van der Waals surface area contributed by atoms with Gasteiger partial charge in [-0.05, 0) is 20.3 Å². The highest BCUT2D eigenvalue weighted by atomic mass is 15.1. The summed E-state index contributed by atoms with van der Waals surface area (Å²) in [4.78, 5) is 1.72. The van der Waals surface area contributed by atoms with Crippen molar-refractivity contribution in [3.05, 3.63) is 0 Å². The second-order valence-corrected chi connectivity index (χ2v) is 2.21. The predicted octanol–water partition coefficient (Wildman–Crippen LogP) is 0.321. The lowest BCUT2D eigenvalue weighted by atomic mass is 10.4. The van der Waals surface area contributed by atoms with Crippen molar-refractivity contribution in [2.75, 3.05) is 19.6 Å². The summed E-state index contributed by atoms with van der Waals surface area (Å²) in [7, 11) is 0. The summed E-state index contributed by atoms with van der Waals surface area (Å²) in [6.07, 6.45) is 1.32. The molecule has 0 atom stereocenters. The van der Waals surface area contributed by atoms with Gasteiger partial charge in [-0.25, -0.2) is 0 Å². The van der Waals surface area contributed by atoms with Gasteiger partial charge in [0.05, 0.1) is 19.6 Å². The van der Waals surface area contributed by atoms with Gasteiger partial charge in [0.1, 0.15) is 0 Å². The van der Waals surface area contributed by atoms with Crippen LogP contribution in [0.1, 0.15) is 27.2 Å². The molecule has 0 rings (SSSR count). The molecule has 0 aliphatic carbocycles. The minimum absolute atomic E-state index is 1.28. The normalized spacial score (nSPS) is 10.5. The van der Waals surface area contributed by atoms with Crippen LogP contribution >= 0.6 is 0 Å². The molecule has 0 saturated carbocycles. The standard InChI is InChI=1S/C7H17N/c1-4-7-8(5-2)6-3/h4-7H2,1-3H3/p+1. The summed E-state index contributed by atoms with van der Waals surface area (Å²) in [5.74, 6) is 0. The Kier molecular flexibility index (Phi) is 5.08. The van der Waals surface area contributed by atoms with Crippen molar-refractivity contribution in [2.45, 2.75) is 27.2 Å². The van der Waals surface area contributed by atoms with Gasteiger partial charge in [0.15, 0.2) is 0 Å². The maximum atomic E-state index is 2.24. The molecule has 0 saturated heterocycles. The molecule has 0 fully saturated rings. The van der Waals surface area contributed by atoms with E-state index in [4.69, 9.17) is 0 Å². The molecule has 1 nitrogen and oxygen atoms in total. The van der Waals surface area contributed by atoms with E-state index >= 15 is 0 Å². The third-order valence-electron chi connectivity index (χ3n) is 1.60. The van der Waals surface area contributed by atoms with Crippen molar-refractivity contribution in [3.8, 4) is 0 Å². The molecule has 0 bridgehead atoms. The van der Waals surface area contributed by atoms with E-state index in [0.717, 1.165) is 0 Å². The molecule has 0 heterocycles. The Morgan fingerprint density at radius 1 is 1.00 bits per heavy atom. The van der Waals surface area contributed by atoms with Gasteiger partial charge < -0.3 is 4.90 Å². The van der Waals surface area contributed by atoms with Crippen LogP contribution in [-0.4, -0.2) is 19.6 Å². The van der Waals surface area contributed by atoms with Crippen LogP contribution in [0.4, 0.5) is 0 Å². The molecular formula is C7H18N+.